The van der Waals surface area contributed by atoms with Gasteiger partial charge in [0.25, 0.3) is 0 Å². The van der Waals surface area contributed by atoms with E-state index in [1.54, 1.807) is 12.5 Å². The molecule has 3 aromatic rings. The quantitative estimate of drug-likeness (QED) is 0.719. The van der Waals surface area contributed by atoms with Crippen LogP contribution in [-0.2, 0) is 13.1 Å². The maximum atomic E-state index is 5.26. The maximum absolute atomic E-state index is 5.26. The first-order valence-electron chi connectivity index (χ1n) is 5.57. The molecule has 2 N–H and O–H groups in total. The molecule has 0 saturated carbocycles. The van der Waals surface area contributed by atoms with Gasteiger partial charge in [-0.25, -0.2) is 4.98 Å². The molecule has 4 heteroatoms. The Morgan fingerprint density at radius 2 is 2.24 bits per heavy atom. The Bertz CT molecular complexity index is 598. The largest absolute Gasteiger partial charge is 0.468 e. The highest BCUT2D eigenvalue weighted by Gasteiger charge is 2.03. The van der Waals surface area contributed by atoms with Gasteiger partial charge in [-0.15, -0.1) is 0 Å². The average molecular weight is 227 g/mol. The summed E-state index contributed by atoms with van der Waals surface area (Å²) in [5.41, 5.74) is 2.15. The van der Waals surface area contributed by atoms with Crippen LogP contribution >= 0.6 is 0 Å². The summed E-state index contributed by atoms with van der Waals surface area (Å²) in [5, 5.41) is 4.51. The number of hydrogen-bond acceptors (Lipinski definition) is 3. The minimum Gasteiger partial charge on any atom is -0.468 e. The minimum atomic E-state index is 0.736. The summed E-state index contributed by atoms with van der Waals surface area (Å²) in [7, 11) is 0. The lowest BCUT2D eigenvalue weighted by Gasteiger charge is -2.01. The molecule has 3 heterocycles. The molecule has 0 aliphatic carbocycles. The Morgan fingerprint density at radius 1 is 1.24 bits per heavy atom. The SMILES string of the molecule is c1coc(CNCc2c[nH]c3ncccc23)c1. The van der Waals surface area contributed by atoms with Crippen LogP contribution in [0.25, 0.3) is 11.0 Å². The van der Waals surface area contributed by atoms with Crippen LogP contribution in [-0.4, -0.2) is 9.97 Å². The standard InChI is InChI=1S/C13H13N3O/c1-4-12-10(8-16-13(12)15-5-1)7-14-9-11-3-2-6-17-11/h1-6,8,14H,7,9H2,(H,15,16). The number of aromatic amines is 1. The normalized spacial score (nSPS) is 11.1. The first-order valence-corrected chi connectivity index (χ1v) is 5.57. The van der Waals surface area contributed by atoms with E-state index >= 15 is 0 Å². The van der Waals surface area contributed by atoms with Gasteiger partial charge < -0.3 is 14.7 Å². The summed E-state index contributed by atoms with van der Waals surface area (Å²) in [4.78, 5) is 7.42. The third-order valence-corrected chi connectivity index (χ3v) is 2.73. The monoisotopic (exact) mass is 227 g/mol. The van der Waals surface area contributed by atoms with Crippen LogP contribution in [0.4, 0.5) is 0 Å². The molecule has 0 aliphatic rings. The molecule has 0 unspecified atom stereocenters. The number of furan rings is 1. The Labute approximate surface area is 98.7 Å². The number of aromatic nitrogens is 2. The lowest BCUT2D eigenvalue weighted by atomic mass is 10.2. The Hall–Kier alpha value is -2.07. The van der Waals surface area contributed by atoms with E-state index in [0.29, 0.717) is 0 Å². The van der Waals surface area contributed by atoms with Crippen molar-refractivity contribution < 1.29 is 4.42 Å². The second kappa shape index (κ2) is 4.43. The molecular formula is C13H13N3O. The van der Waals surface area contributed by atoms with Gasteiger partial charge in [0.2, 0.25) is 0 Å². The van der Waals surface area contributed by atoms with Gasteiger partial charge in [0.1, 0.15) is 11.4 Å². The van der Waals surface area contributed by atoms with Crippen molar-refractivity contribution in [3.8, 4) is 0 Å². The first kappa shape index (κ1) is 10.1. The Morgan fingerprint density at radius 3 is 3.12 bits per heavy atom. The van der Waals surface area contributed by atoms with Crippen LogP contribution in [0.15, 0.2) is 47.3 Å². The topological polar surface area (TPSA) is 53.9 Å². The van der Waals surface area contributed by atoms with Gasteiger partial charge in [0, 0.05) is 24.3 Å². The van der Waals surface area contributed by atoms with Crippen LogP contribution < -0.4 is 5.32 Å². The van der Waals surface area contributed by atoms with Crippen molar-refractivity contribution in [3.63, 3.8) is 0 Å². The zero-order valence-electron chi connectivity index (χ0n) is 9.31. The predicted octanol–water partition coefficient (Wildman–Crippen LogP) is 2.45. The molecule has 0 aliphatic heterocycles. The number of nitrogens with zero attached hydrogens (tertiary/aromatic N) is 1. The van der Waals surface area contributed by atoms with E-state index < -0.39 is 0 Å². The van der Waals surface area contributed by atoms with Crippen molar-refractivity contribution in [2.75, 3.05) is 0 Å². The predicted molar refractivity (Wildman–Crippen MR) is 65.3 cm³/mol. The highest BCUT2D eigenvalue weighted by atomic mass is 16.3. The van der Waals surface area contributed by atoms with Gasteiger partial charge in [-0.05, 0) is 29.8 Å². The number of rotatable bonds is 4. The number of H-pyrrole nitrogens is 1. The summed E-state index contributed by atoms with van der Waals surface area (Å²) in [6.07, 6.45) is 5.47. The highest BCUT2D eigenvalue weighted by Crippen LogP contribution is 2.15. The first-order chi connectivity index (χ1) is 8.43. The van der Waals surface area contributed by atoms with Gasteiger partial charge >= 0.3 is 0 Å². The molecule has 0 saturated heterocycles. The van der Waals surface area contributed by atoms with Crippen molar-refractivity contribution in [2.45, 2.75) is 13.1 Å². The van der Waals surface area contributed by atoms with Gasteiger partial charge in [0.15, 0.2) is 0 Å². The molecule has 0 fully saturated rings. The molecule has 4 nitrogen and oxygen atoms in total. The zero-order valence-corrected chi connectivity index (χ0v) is 9.31. The highest BCUT2D eigenvalue weighted by molar-refractivity contribution is 5.79. The van der Waals surface area contributed by atoms with Gasteiger partial charge in [0.05, 0.1) is 12.8 Å². The number of pyridine rings is 1. The van der Waals surface area contributed by atoms with Gasteiger partial charge in [-0.3, -0.25) is 0 Å². The van der Waals surface area contributed by atoms with Crippen molar-refractivity contribution >= 4 is 11.0 Å². The summed E-state index contributed by atoms with van der Waals surface area (Å²) in [5.74, 6) is 0.947. The molecular weight excluding hydrogens is 214 g/mol. The summed E-state index contributed by atoms with van der Waals surface area (Å²) in [6, 6.07) is 7.88. The van der Waals surface area contributed by atoms with E-state index in [1.165, 1.54) is 10.9 Å². The van der Waals surface area contributed by atoms with Crippen LogP contribution in [0.3, 0.4) is 0 Å². The Kier molecular flexibility index (Phi) is 2.63. The molecule has 86 valence electrons. The fourth-order valence-corrected chi connectivity index (χ4v) is 1.89. The summed E-state index contributed by atoms with van der Waals surface area (Å²) < 4.78 is 5.26. The van der Waals surface area contributed by atoms with E-state index in [1.807, 2.05) is 24.4 Å². The number of hydrogen-bond donors (Lipinski definition) is 2. The summed E-state index contributed by atoms with van der Waals surface area (Å²) >= 11 is 0. The van der Waals surface area contributed by atoms with Crippen LogP contribution in [0.1, 0.15) is 11.3 Å². The smallest absolute Gasteiger partial charge is 0.137 e. The van der Waals surface area contributed by atoms with E-state index in [2.05, 4.69) is 21.4 Å². The van der Waals surface area contributed by atoms with Gasteiger partial charge in [-0.1, -0.05) is 0 Å². The molecule has 0 spiro atoms. The molecule has 3 aromatic heterocycles. The lowest BCUT2D eigenvalue weighted by Crippen LogP contribution is -2.11. The average Bonchev–Trinajstić information content (AvgIpc) is 2.99. The van der Waals surface area contributed by atoms with E-state index in [9.17, 15) is 0 Å². The van der Waals surface area contributed by atoms with Crippen molar-refractivity contribution in [3.05, 3.63) is 54.2 Å². The number of fused-ring (bicyclic) bond motifs is 1. The molecule has 0 bridgehead atoms. The van der Waals surface area contributed by atoms with Crippen LogP contribution in [0, 0.1) is 0 Å². The zero-order chi connectivity index (χ0) is 11.5. The minimum absolute atomic E-state index is 0.736. The molecule has 0 radical (unpaired) electrons. The lowest BCUT2D eigenvalue weighted by molar-refractivity contribution is 0.483. The van der Waals surface area contributed by atoms with E-state index in [-0.39, 0.29) is 0 Å². The van der Waals surface area contributed by atoms with Gasteiger partial charge in [-0.2, -0.15) is 0 Å². The second-order valence-corrected chi connectivity index (χ2v) is 3.90. The second-order valence-electron chi connectivity index (χ2n) is 3.90. The van der Waals surface area contributed by atoms with Crippen molar-refractivity contribution in [1.29, 1.82) is 0 Å². The third kappa shape index (κ3) is 2.07. The molecule has 17 heavy (non-hydrogen) atoms. The molecule has 0 atom stereocenters. The van der Waals surface area contributed by atoms with E-state index in [0.717, 1.165) is 24.5 Å². The molecule has 0 amide bonds. The Balaban J connectivity index is 1.69. The summed E-state index contributed by atoms with van der Waals surface area (Å²) in [6.45, 7) is 1.53. The van der Waals surface area contributed by atoms with E-state index in [4.69, 9.17) is 4.42 Å². The fourth-order valence-electron chi connectivity index (χ4n) is 1.89. The maximum Gasteiger partial charge on any atom is 0.137 e. The van der Waals surface area contributed by atoms with Crippen molar-refractivity contribution in [2.24, 2.45) is 0 Å². The third-order valence-electron chi connectivity index (χ3n) is 2.73. The molecule has 3 rings (SSSR count). The molecule has 0 aromatic carbocycles. The van der Waals surface area contributed by atoms with Crippen LogP contribution in [0.2, 0.25) is 0 Å². The van der Waals surface area contributed by atoms with Crippen LogP contribution in [0.5, 0.6) is 0 Å². The van der Waals surface area contributed by atoms with Crippen molar-refractivity contribution in [1.82, 2.24) is 15.3 Å². The number of nitrogens with one attached hydrogen (secondary N) is 2. The fraction of sp³-hybridized carbons (Fsp3) is 0.154.